The largest absolute Gasteiger partial charge is 0.278 e. The van der Waals surface area contributed by atoms with Crippen molar-refractivity contribution in [1.29, 1.82) is 5.26 Å². The molecule has 0 aliphatic rings. The van der Waals surface area contributed by atoms with Crippen LogP contribution in [0.4, 0.5) is 5.69 Å². The zero-order valence-corrected chi connectivity index (χ0v) is 14.0. The van der Waals surface area contributed by atoms with Gasteiger partial charge >= 0.3 is 0 Å². The van der Waals surface area contributed by atoms with Crippen molar-refractivity contribution in [3.05, 3.63) is 44.1 Å². The van der Waals surface area contributed by atoms with Gasteiger partial charge in [-0.25, -0.2) is 8.42 Å². The van der Waals surface area contributed by atoms with Crippen molar-refractivity contribution in [2.75, 3.05) is 4.72 Å². The molecule has 0 amide bonds. The standard InChI is InChI=1S/C13H11BrN2O2S2/c1-8-4-3-5-11(10(8)7-15)16-20(17,18)12-6-13(14)19-9(12)2/h3-6,16H,1-2H3. The molecular weight excluding hydrogens is 360 g/mol. The van der Waals surface area contributed by atoms with Crippen LogP contribution in [0.1, 0.15) is 16.0 Å². The number of anilines is 1. The van der Waals surface area contributed by atoms with E-state index in [0.717, 1.165) is 9.35 Å². The quantitative estimate of drug-likeness (QED) is 0.892. The average Bonchev–Trinajstić information content (AvgIpc) is 2.69. The third-order valence-electron chi connectivity index (χ3n) is 2.76. The van der Waals surface area contributed by atoms with Crippen LogP contribution >= 0.6 is 27.3 Å². The fourth-order valence-corrected chi connectivity index (χ4v) is 5.29. The molecule has 0 bridgehead atoms. The fraction of sp³-hybridized carbons (Fsp3) is 0.154. The molecule has 20 heavy (non-hydrogen) atoms. The van der Waals surface area contributed by atoms with Crippen LogP contribution in [-0.4, -0.2) is 8.42 Å². The maximum Gasteiger partial charge on any atom is 0.263 e. The van der Waals surface area contributed by atoms with E-state index < -0.39 is 10.0 Å². The Labute approximate surface area is 130 Å². The summed E-state index contributed by atoms with van der Waals surface area (Å²) in [6.45, 7) is 3.51. The number of hydrogen-bond donors (Lipinski definition) is 1. The molecule has 0 radical (unpaired) electrons. The van der Waals surface area contributed by atoms with Crippen LogP contribution in [0.2, 0.25) is 0 Å². The highest BCUT2D eigenvalue weighted by Crippen LogP contribution is 2.31. The highest BCUT2D eigenvalue weighted by molar-refractivity contribution is 9.11. The number of nitrogens with zero attached hydrogens (tertiary/aromatic N) is 1. The van der Waals surface area contributed by atoms with Gasteiger partial charge in [-0.1, -0.05) is 12.1 Å². The molecule has 0 unspecified atom stereocenters. The maximum absolute atomic E-state index is 12.4. The molecule has 1 aromatic heterocycles. The first-order valence-corrected chi connectivity index (χ1v) is 8.73. The summed E-state index contributed by atoms with van der Waals surface area (Å²) in [6.07, 6.45) is 0. The van der Waals surface area contributed by atoms with E-state index in [1.165, 1.54) is 11.3 Å². The molecule has 1 aromatic carbocycles. The third-order valence-corrected chi connectivity index (χ3v) is 5.93. The molecular formula is C13H11BrN2O2S2. The first-order chi connectivity index (χ1) is 9.35. The van der Waals surface area contributed by atoms with Gasteiger partial charge in [-0.3, -0.25) is 4.72 Å². The Hall–Kier alpha value is -1.36. The molecule has 2 rings (SSSR count). The molecule has 0 saturated heterocycles. The molecule has 2 aromatic rings. The van der Waals surface area contributed by atoms with Crippen LogP contribution in [0.3, 0.4) is 0 Å². The lowest BCUT2D eigenvalue weighted by Gasteiger charge is -2.10. The summed E-state index contributed by atoms with van der Waals surface area (Å²) in [6, 6.07) is 8.65. The van der Waals surface area contributed by atoms with Gasteiger partial charge in [0.1, 0.15) is 11.0 Å². The van der Waals surface area contributed by atoms with Gasteiger partial charge in [0, 0.05) is 4.88 Å². The predicted molar refractivity (Wildman–Crippen MR) is 83.5 cm³/mol. The molecule has 0 spiro atoms. The van der Waals surface area contributed by atoms with Crippen molar-refractivity contribution in [3.63, 3.8) is 0 Å². The van der Waals surface area contributed by atoms with Crippen molar-refractivity contribution >= 4 is 43.0 Å². The lowest BCUT2D eigenvalue weighted by molar-refractivity contribution is 0.601. The lowest BCUT2D eigenvalue weighted by Crippen LogP contribution is -2.14. The van der Waals surface area contributed by atoms with Gasteiger partial charge in [0.05, 0.1) is 15.0 Å². The molecule has 104 valence electrons. The van der Waals surface area contributed by atoms with E-state index in [9.17, 15) is 8.42 Å². The summed E-state index contributed by atoms with van der Waals surface area (Å²) in [4.78, 5) is 0.912. The molecule has 0 aliphatic carbocycles. The number of aryl methyl sites for hydroxylation is 2. The molecule has 0 fully saturated rings. The van der Waals surface area contributed by atoms with Crippen LogP contribution < -0.4 is 4.72 Å². The van der Waals surface area contributed by atoms with Crippen LogP contribution in [0.25, 0.3) is 0 Å². The number of hydrogen-bond acceptors (Lipinski definition) is 4. The lowest BCUT2D eigenvalue weighted by atomic mass is 10.1. The minimum Gasteiger partial charge on any atom is -0.278 e. The third kappa shape index (κ3) is 2.87. The molecule has 1 heterocycles. The van der Waals surface area contributed by atoms with E-state index in [0.29, 0.717) is 16.1 Å². The number of thiophene rings is 1. The number of sulfonamides is 1. The number of rotatable bonds is 3. The summed E-state index contributed by atoms with van der Waals surface area (Å²) >= 11 is 4.63. The van der Waals surface area contributed by atoms with Gasteiger partial charge in [0.25, 0.3) is 10.0 Å². The Morgan fingerprint density at radius 2 is 2.05 bits per heavy atom. The van der Waals surface area contributed by atoms with Gasteiger partial charge in [0.2, 0.25) is 0 Å². The van der Waals surface area contributed by atoms with Crippen LogP contribution in [0.15, 0.2) is 32.9 Å². The van der Waals surface area contributed by atoms with E-state index in [2.05, 4.69) is 20.7 Å². The van der Waals surface area contributed by atoms with E-state index in [1.54, 1.807) is 38.1 Å². The highest BCUT2D eigenvalue weighted by atomic mass is 79.9. The summed E-state index contributed by atoms with van der Waals surface area (Å²) in [7, 11) is -3.69. The van der Waals surface area contributed by atoms with Crippen molar-refractivity contribution < 1.29 is 8.42 Å². The van der Waals surface area contributed by atoms with Gasteiger partial charge in [-0.15, -0.1) is 11.3 Å². The molecule has 4 nitrogen and oxygen atoms in total. The minimum absolute atomic E-state index is 0.222. The topological polar surface area (TPSA) is 70.0 Å². The van der Waals surface area contributed by atoms with Crippen molar-refractivity contribution in [2.24, 2.45) is 0 Å². The molecule has 0 atom stereocenters. The fourth-order valence-electron chi connectivity index (χ4n) is 1.80. The van der Waals surface area contributed by atoms with Crippen LogP contribution in [0, 0.1) is 25.2 Å². The Bertz CT molecular complexity index is 804. The summed E-state index contributed by atoms with van der Waals surface area (Å²) < 4.78 is 28.0. The van der Waals surface area contributed by atoms with E-state index in [1.807, 2.05) is 6.07 Å². The number of nitrogens with one attached hydrogen (secondary N) is 1. The van der Waals surface area contributed by atoms with Crippen molar-refractivity contribution in [1.82, 2.24) is 0 Å². The summed E-state index contributed by atoms with van der Waals surface area (Å²) in [5.41, 5.74) is 1.37. The van der Waals surface area contributed by atoms with Gasteiger partial charge < -0.3 is 0 Å². The maximum atomic E-state index is 12.4. The Morgan fingerprint density at radius 1 is 1.35 bits per heavy atom. The monoisotopic (exact) mass is 370 g/mol. The van der Waals surface area contributed by atoms with Gasteiger partial charge in [-0.2, -0.15) is 5.26 Å². The van der Waals surface area contributed by atoms with E-state index in [-0.39, 0.29) is 4.90 Å². The predicted octanol–water partition coefficient (Wildman–Crippen LogP) is 3.80. The first-order valence-electron chi connectivity index (χ1n) is 5.63. The second kappa shape index (κ2) is 5.56. The molecule has 0 aliphatic heterocycles. The molecule has 1 N–H and O–H groups in total. The SMILES string of the molecule is Cc1cccc(NS(=O)(=O)c2cc(Br)sc2C)c1C#N. The first kappa shape index (κ1) is 15.0. The molecule has 7 heteroatoms. The summed E-state index contributed by atoms with van der Waals surface area (Å²) in [5, 5.41) is 9.14. The Kier molecular flexibility index (Phi) is 4.18. The number of halogens is 1. The van der Waals surface area contributed by atoms with Gasteiger partial charge in [0.15, 0.2) is 0 Å². The van der Waals surface area contributed by atoms with Crippen molar-refractivity contribution in [2.45, 2.75) is 18.7 Å². The zero-order chi connectivity index (χ0) is 14.9. The van der Waals surface area contributed by atoms with Gasteiger partial charge in [-0.05, 0) is 47.5 Å². The van der Waals surface area contributed by atoms with Crippen LogP contribution in [-0.2, 0) is 10.0 Å². The van der Waals surface area contributed by atoms with Crippen molar-refractivity contribution in [3.8, 4) is 6.07 Å². The smallest absolute Gasteiger partial charge is 0.263 e. The highest BCUT2D eigenvalue weighted by Gasteiger charge is 2.21. The Morgan fingerprint density at radius 3 is 2.60 bits per heavy atom. The summed E-state index contributed by atoms with van der Waals surface area (Å²) in [5.74, 6) is 0. The van der Waals surface area contributed by atoms with E-state index >= 15 is 0 Å². The average molecular weight is 371 g/mol. The molecule has 0 saturated carbocycles. The zero-order valence-electron chi connectivity index (χ0n) is 10.8. The van der Waals surface area contributed by atoms with Crippen LogP contribution in [0.5, 0.6) is 0 Å². The number of benzene rings is 1. The Balaban J connectivity index is 2.47. The second-order valence-corrected chi connectivity index (χ2v) is 8.47. The van der Waals surface area contributed by atoms with E-state index in [4.69, 9.17) is 5.26 Å². The normalized spacial score (nSPS) is 11.1. The minimum atomic E-state index is -3.69. The number of nitriles is 1. The second-order valence-electron chi connectivity index (χ2n) is 4.19.